The lowest BCUT2D eigenvalue weighted by Crippen LogP contribution is -2.45. The summed E-state index contributed by atoms with van der Waals surface area (Å²) >= 11 is 0. The maximum atomic E-state index is 6.09. The van der Waals surface area contributed by atoms with Crippen LogP contribution in [-0.4, -0.2) is 32.8 Å². The Morgan fingerprint density at radius 2 is 1.52 bits per heavy atom. The van der Waals surface area contributed by atoms with Gasteiger partial charge in [-0.2, -0.15) is 0 Å². The number of methoxy groups -OCH3 is 2. The van der Waals surface area contributed by atoms with Gasteiger partial charge in [-0.15, -0.1) is 0 Å². The highest BCUT2D eigenvalue weighted by atomic mass is 16.5. The number of hydrogen-bond donors (Lipinski definition) is 1. The lowest BCUT2D eigenvalue weighted by molar-refractivity contribution is 0.296. The van der Waals surface area contributed by atoms with Gasteiger partial charge in [0.15, 0.2) is 11.5 Å². The van der Waals surface area contributed by atoms with E-state index in [-0.39, 0.29) is 18.1 Å². The lowest BCUT2D eigenvalue weighted by atomic mass is 9.86. The number of rotatable bonds is 5. The summed E-state index contributed by atoms with van der Waals surface area (Å²) in [5, 5.41) is 3.78. The summed E-state index contributed by atoms with van der Waals surface area (Å²) in [6, 6.07) is 25.0. The van der Waals surface area contributed by atoms with Crippen molar-refractivity contribution in [3.63, 3.8) is 0 Å². The topological polar surface area (TPSA) is 52.1 Å². The van der Waals surface area contributed by atoms with E-state index in [4.69, 9.17) is 19.2 Å². The molecule has 0 aromatic heterocycles. The van der Waals surface area contributed by atoms with Crippen LogP contribution in [0.25, 0.3) is 0 Å². The van der Waals surface area contributed by atoms with Crippen molar-refractivity contribution in [2.75, 3.05) is 20.8 Å². The van der Waals surface area contributed by atoms with Crippen molar-refractivity contribution >= 4 is 5.90 Å². The number of nitrogens with zero attached hydrogens (tertiary/aromatic N) is 1. The first-order chi connectivity index (χ1) is 15.3. The number of aliphatic imine (C=N–C) groups is 1. The monoisotopic (exact) mass is 414 g/mol. The van der Waals surface area contributed by atoms with E-state index in [2.05, 4.69) is 53.8 Å². The van der Waals surface area contributed by atoms with Gasteiger partial charge >= 0.3 is 0 Å². The summed E-state index contributed by atoms with van der Waals surface area (Å²) in [5.74, 6) is 2.25. The van der Waals surface area contributed by atoms with Crippen LogP contribution in [0.2, 0.25) is 0 Å². The molecule has 0 unspecified atom stereocenters. The normalized spacial score (nSPS) is 22.3. The van der Waals surface area contributed by atoms with Crippen LogP contribution in [0.4, 0.5) is 0 Å². The van der Waals surface area contributed by atoms with E-state index >= 15 is 0 Å². The molecule has 5 heteroatoms. The van der Waals surface area contributed by atoms with E-state index in [0.717, 1.165) is 23.8 Å². The second-order valence-corrected chi connectivity index (χ2v) is 7.88. The quantitative estimate of drug-likeness (QED) is 0.669. The molecule has 2 aliphatic heterocycles. The van der Waals surface area contributed by atoms with Gasteiger partial charge in [0.05, 0.1) is 26.3 Å². The Labute approximate surface area is 182 Å². The smallest absolute Gasteiger partial charge is 0.202 e. The van der Waals surface area contributed by atoms with Crippen LogP contribution < -0.4 is 14.8 Å². The summed E-state index contributed by atoms with van der Waals surface area (Å²) in [6.07, 6.45) is 0.777. The fourth-order valence-electron chi connectivity index (χ4n) is 4.46. The molecule has 2 heterocycles. The van der Waals surface area contributed by atoms with Crippen LogP contribution >= 0.6 is 0 Å². The molecule has 0 fully saturated rings. The average molecular weight is 415 g/mol. The Kier molecular flexibility index (Phi) is 5.35. The molecule has 0 radical (unpaired) electrons. The van der Waals surface area contributed by atoms with Crippen molar-refractivity contribution in [3.05, 3.63) is 95.1 Å². The summed E-state index contributed by atoms with van der Waals surface area (Å²) < 4.78 is 17.2. The SMILES string of the molecule is COc1cc2c(cc1OC)[C@@H](c1ccccc1)N[C@H](C1=N[C@@H](c3ccccc3)CO1)C2. The van der Waals surface area contributed by atoms with Gasteiger partial charge in [0.1, 0.15) is 12.6 Å². The second kappa shape index (κ2) is 8.44. The van der Waals surface area contributed by atoms with E-state index in [0.29, 0.717) is 6.61 Å². The number of fused-ring (bicyclic) bond motifs is 1. The third kappa shape index (κ3) is 3.77. The molecular formula is C26H26N2O3. The molecule has 3 aromatic carbocycles. The Bertz CT molecular complexity index is 1080. The van der Waals surface area contributed by atoms with Gasteiger partial charge < -0.3 is 14.2 Å². The summed E-state index contributed by atoms with van der Waals surface area (Å²) in [7, 11) is 3.34. The van der Waals surface area contributed by atoms with Crippen LogP contribution in [0.15, 0.2) is 77.8 Å². The van der Waals surface area contributed by atoms with Gasteiger partial charge in [0.25, 0.3) is 0 Å². The zero-order chi connectivity index (χ0) is 21.2. The molecule has 5 rings (SSSR count). The predicted molar refractivity (Wildman–Crippen MR) is 121 cm³/mol. The first kappa shape index (κ1) is 19.6. The predicted octanol–water partition coefficient (Wildman–Crippen LogP) is 4.48. The Morgan fingerprint density at radius 3 is 2.19 bits per heavy atom. The number of hydrogen-bond acceptors (Lipinski definition) is 5. The van der Waals surface area contributed by atoms with Gasteiger partial charge in [-0.1, -0.05) is 60.7 Å². The molecule has 1 N–H and O–H groups in total. The molecular weight excluding hydrogens is 388 g/mol. The molecule has 31 heavy (non-hydrogen) atoms. The Morgan fingerprint density at radius 1 is 0.871 bits per heavy atom. The van der Waals surface area contributed by atoms with E-state index in [1.54, 1.807) is 14.2 Å². The van der Waals surface area contributed by atoms with Crippen LogP contribution in [0, 0.1) is 0 Å². The maximum Gasteiger partial charge on any atom is 0.202 e. The average Bonchev–Trinajstić information content (AvgIpc) is 3.34. The third-order valence-corrected chi connectivity index (χ3v) is 6.04. The highest BCUT2D eigenvalue weighted by Gasteiger charge is 2.35. The number of benzene rings is 3. The van der Waals surface area contributed by atoms with E-state index in [9.17, 15) is 0 Å². The zero-order valence-electron chi connectivity index (χ0n) is 17.7. The van der Waals surface area contributed by atoms with Crippen molar-refractivity contribution in [2.45, 2.75) is 24.5 Å². The van der Waals surface area contributed by atoms with Gasteiger partial charge in [-0.25, -0.2) is 4.99 Å². The minimum Gasteiger partial charge on any atom is -0.493 e. The minimum atomic E-state index is -0.00970. The third-order valence-electron chi connectivity index (χ3n) is 6.04. The van der Waals surface area contributed by atoms with Crippen LogP contribution in [0.5, 0.6) is 11.5 Å². The second-order valence-electron chi connectivity index (χ2n) is 7.88. The highest BCUT2D eigenvalue weighted by Crippen LogP contribution is 2.39. The Balaban J connectivity index is 1.52. The first-order valence-electron chi connectivity index (χ1n) is 10.6. The summed E-state index contributed by atoms with van der Waals surface area (Å²) in [5.41, 5.74) is 4.78. The van der Waals surface area contributed by atoms with Crippen molar-refractivity contribution in [1.82, 2.24) is 5.32 Å². The largest absolute Gasteiger partial charge is 0.493 e. The van der Waals surface area contributed by atoms with Gasteiger partial charge in [-0.05, 0) is 40.8 Å². The van der Waals surface area contributed by atoms with E-state index < -0.39 is 0 Å². The molecule has 3 atom stereocenters. The molecule has 0 spiro atoms. The van der Waals surface area contributed by atoms with Gasteiger partial charge in [-0.3, -0.25) is 5.32 Å². The molecule has 0 amide bonds. The molecule has 0 saturated heterocycles. The van der Waals surface area contributed by atoms with E-state index in [1.807, 2.05) is 24.3 Å². The molecule has 158 valence electrons. The van der Waals surface area contributed by atoms with Crippen LogP contribution in [0.1, 0.15) is 34.3 Å². The molecule has 0 bridgehead atoms. The number of nitrogens with one attached hydrogen (secondary N) is 1. The van der Waals surface area contributed by atoms with Crippen LogP contribution in [0.3, 0.4) is 0 Å². The summed E-state index contributed by atoms with van der Waals surface area (Å²) in [4.78, 5) is 4.94. The molecule has 2 aliphatic rings. The number of ether oxygens (including phenoxy) is 3. The molecule has 5 nitrogen and oxygen atoms in total. The molecule has 3 aromatic rings. The van der Waals surface area contributed by atoms with Crippen molar-refractivity contribution in [2.24, 2.45) is 4.99 Å². The van der Waals surface area contributed by atoms with Crippen molar-refractivity contribution < 1.29 is 14.2 Å². The van der Waals surface area contributed by atoms with Crippen molar-refractivity contribution in [1.29, 1.82) is 0 Å². The molecule has 0 aliphatic carbocycles. The van der Waals surface area contributed by atoms with Gasteiger partial charge in [0, 0.05) is 0 Å². The lowest BCUT2D eigenvalue weighted by Gasteiger charge is -2.33. The fourth-order valence-corrected chi connectivity index (χ4v) is 4.46. The first-order valence-corrected chi connectivity index (χ1v) is 10.6. The zero-order valence-corrected chi connectivity index (χ0v) is 17.7. The van der Waals surface area contributed by atoms with Crippen molar-refractivity contribution in [3.8, 4) is 11.5 Å². The standard InChI is InChI=1S/C26H26N2O3/c1-29-23-14-19-13-21(26-28-22(16-31-26)17-9-5-3-6-10-17)27-25(18-11-7-4-8-12-18)20(19)15-24(23)30-2/h3-12,14-15,21-22,25,27H,13,16H2,1-2H3/t21-,22+,25+/m0/s1. The summed E-state index contributed by atoms with van der Waals surface area (Å²) in [6.45, 7) is 0.576. The van der Waals surface area contributed by atoms with Gasteiger partial charge in [0.2, 0.25) is 5.90 Å². The molecule has 0 saturated carbocycles. The minimum absolute atomic E-state index is 0.00970. The highest BCUT2D eigenvalue weighted by molar-refractivity contribution is 5.84. The fraction of sp³-hybridized carbons (Fsp3) is 0.269. The Hall–Kier alpha value is -3.31. The van der Waals surface area contributed by atoms with Crippen LogP contribution in [-0.2, 0) is 11.2 Å². The maximum absolute atomic E-state index is 6.09. The van der Waals surface area contributed by atoms with E-state index in [1.165, 1.54) is 22.3 Å².